The zero-order valence-electron chi connectivity index (χ0n) is 31.8. The number of hydrogen-bond acceptors (Lipinski definition) is 14. The van der Waals surface area contributed by atoms with Crippen molar-refractivity contribution in [1.29, 1.82) is 0 Å². The summed E-state index contributed by atoms with van der Waals surface area (Å²) in [6.45, 7) is 7.32. The number of nitrogens with one attached hydrogen (secondary N) is 1. The third-order valence-corrected chi connectivity index (χ3v) is 14.6. The number of nitrogens with zero attached hydrogens (tertiary/aromatic N) is 2. The molecule has 1 spiro atoms. The second kappa shape index (κ2) is 12.7. The molecule has 0 saturated carbocycles. The first-order valence-electron chi connectivity index (χ1n) is 18.6. The van der Waals surface area contributed by atoms with Crippen molar-refractivity contribution in [2.45, 2.75) is 81.5 Å². The minimum Gasteiger partial charge on any atom is -0.504 e. The third kappa shape index (κ3) is 4.91. The largest absolute Gasteiger partial charge is 0.504 e. The number of carbonyl (C=O) groups excluding carboxylic acids is 2. The van der Waals surface area contributed by atoms with Gasteiger partial charge < -0.3 is 38.6 Å². The predicted molar refractivity (Wildman–Crippen MR) is 199 cm³/mol. The molecule has 7 heterocycles. The number of methoxy groups -OCH3 is 2. The van der Waals surface area contributed by atoms with Gasteiger partial charge in [0.05, 0.1) is 37.3 Å². The van der Waals surface area contributed by atoms with Gasteiger partial charge in [-0.1, -0.05) is 6.07 Å². The summed E-state index contributed by atoms with van der Waals surface area (Å²) in [6.07, 6.45) is 1.13. The molecule has 10 rings (SSSR count). The van der Waals surface area contributed by atoms with Crippen molar-refractivity contribution in [2.75, 3.05) is 47.0 Å². The van der Waals surface area contributed by atoms with E-state index in [-0.39, 0.29) is 54.2 Å². The van der Waals surface area contributed by atoms with E-state index in [0.717, 1.165) is 11.1 Å². The number of fused-ring (bicyclic) bond motifs is 9. The second-order valence-electron chi connectivity index (χ2n) is 15.5. The number of likely N-dealkylation sites (N-methyl/N-ethyl adjacent to an activating group) is 1. The molecule has 15 heteroatoms. The molecule has 2 saturated heterocycles. The zero-order valence-corrected chi connectivity index (χ0v) is 32.6. The average Bonchev–Trinajstić information content (AvgIpc) is 3.64. The lowest BCUT2D eigenvalue weighted by Crippen LogP contribution is -2.70. The Kier molecular flexibility index (Phi) is 8.35. The van der Waals surface area contributed by atoms with E-state index in [1.807, 2.05) is 14.0 Å². The van der Waals surface area contributed by atoms with Crippen molar-refractivity contribution in [3.05, 3.63) is 62.7 Å². The fourth-order valence-electron chi connectivity index (χ4n) is 10.6. The van der Waals surface area contributed by atoms with E-state index in [9.17, 15) is 19.8 Å². The maximum atomic E-state index is 16.0. The highest BCUT2D eigenvalue weighted by molar-refractivity contribution is 7.85. The number of phenolic OH excluding ortho intramolecular Hbond substituents is 2. The first kappa shape index (κ1) is 36.1. The van der Waals surface area contributed by atoms with Gasteiger partial charge in [-0.05, 0) is 75.0 Å². The van der Waals surface area contributed by atoms with Crippen LogP contribution in [0.25, 0.3) is 0 Å². The van der Waals surface area contributed by atoms with Crippen molar-refractivity contribution < 1.29 is 52.4 Å². The average molecular weight is 776 g/mol. The summed E-state index contributed by atoms with van der Waals surface area (Å²) < 4.78 is 52.0. The van der Waals surface area contributed by atoms with Crippen LogP contribution in [-0.4, -0.2) is 101 Å². The lowest BCUT2D eigenvalue weighted by atomic mass is 9.71. The molecule has 2 fully saturated rings. The maximum Gasteiger partial charge on any atom is 0.332 e. The number of ether oxygens (including phenoxy) is 6. The molecule has 0 aliphatic carbocycles. The Morgan fingerprint density at radius 2 is 1.78 bits per heavy atom. The Labute approximate surface area is 321 Å². The summed E-state index contributed by atoms with van der Waals surface area (Å²) in [6, 6.07) is 3.28. The fraction of sp³-hybridized carbons (Fsp3) is 0.500. The maximum absolute atomic E-state index is 16.0. The summed E-state index contributed by atoms with van der Waals surface area (Å²) in [4.78, 5) is 32.3. The first-order chi connectivity index (χ1) is 26.3. The van der Waals surface area contributed by atoms with Gasteiger partial charge in [0, 0.05) is 64.6 Å². The SMILES string of the molecule is COc1cc2c(cc1O)CCN[C@]21C[S@@](=O)[C@@H]2c3c(OC(C)=O)c(C)c4c(c3[C@H](COC1=O)N1[C@@H]2[C@H]2c3c(cc(C)c(OC)c3O)C[C@@H]([C@@H]1C)N2C)OCO4. The zero-order chi connectivity index (χ0) is 38.8. The van der Waals surface area contributed by atoms with Crippen LogP contribution in [0.2, 0.25) is 0 Å². The van der Waals surface area contributed by atoms with E-state index in [0.29, 0.717) is 70.0 Å². The topological polar surface area (TPSA) is 166 Å². The van der Waals surface area contributed by atoms with Gasteiger partial charge in [0.25, 0.3) is 0 Å². The molecule has 7 aliphatic heterocycles. The highest BCUT2D eigenvalue weighted by Crippen LogP contribution is 2.63. The Morgan fingerprint density at radius 3 is 2.51 bits per heavy atom. The number of piperazine rings is 1. The van der Waals surface area contributed by atoms with E-state index in [4.69, 9.17) is 28.4 Å². The molecule has 4 bridgehead atoms. The van der Waals surface area contributed by atoms with Crippen LogP contribution < -0.4 is 29.0 Å². The Morgan fingerprint density at radius 1 is 1.02 bits per heavy atom. The number of aryl methyl sites for hydroxylation is 1. The molecule has 0 unspecified atom stereocenters. The van der Waals surface area contributed by atoms with Gasteiger partial charge in [-0.15, -0.1) is 0 Å². The number of carbonyl (C=O) groups is 2. The van der Waals surface area contributed by atoms with Gasteiger partial charge in [0.1, 0.15) is 12.4 Å². The van der Waals surface area contributed by atoms with Gasteiger partial charge >= 0.3 is 11.9 Å². The van der Waals surface area contributed by atoms with E-state index < -0.39 is 51.7 Å². The van der Waals surface area contributed by atoms with Crippen molar-refractivity contribution in [3.8, 4) is 40.2 Å². The van der Waals surface area contributed by atoms with Crippen LogP contribution in [-0.2, 0) is 43.5 Å². The van der Waals surface area contributed by atoms with Crippen LogP contribution >= 0.6 is 0 Å². The number of benzene rings is 3. The molecule has 0 radical (unpaired) electrons. The summed E-state index contributed by atoms with van der Waals surface area (Å²) in [7, 11) is 3.05. The second-order valence-corrected chi connectivity index (χ2v) is 17.0. The van der Waals surface area contributed by atoms with Crippen LogP contribution in [0.15, 0.2) is 18.2 Å². The van der Waals surface area contributed by atoms with E-state index in [1.54, 1.807) is 19.1 Å². The number of aromatic hydroxyl groups is 2. The van der Waals surface area contributed by atoms with Crippen molar-refractivity contribution >= 4 is 22.7 Å². The van der Waals surface area contributed by atoms with Crippen LogP contribution in [0.5, 0.6) is 40.2 Å². The molecule has 0 amide bonds. The number of esters is 2. The monoisotopic (exact) mass is 775 g/mol. The van der Waals surface area contributed by atoms with Crippen molar-refractivity contribution in [2.24, 2.45) is 0 Å². The van der Waals surface area contributed by atoms with Crippen molar-refractivity contribution in [3.63, 3.8) is 0 Å². The van der Waals surface area contributed by atoms with Gasteiger partial charge in [-0.25, -0.2) is 4.79 Å². The molecule has 292 valence electrons. The minimum atomic E-state index is -1.95. The minimum absolute atomic E-state index is 0.0287. The van der Waals surface area contributed by atoms with Crippen LogP contribution in [0.4, 0.5) is 0 Å². The molecule has 14 nitrogen and oxygen atoms in total. The van der Waals surface area contributed by atoms with Gasteiger partial charge in [-0.2, -0.15) is 0 Å². The molecule has 55 heavy (non-hydrogen) atoms. The first-order valence-corrected chi connectivity index (χ1v) is 19.9. The molecule has 8 atom stereocenters. The Bertz CT molecular complexity index is 2210. The summed E-state index contributed by atoms with van der Waals surface area (Å²) in [5.74, 6) is 0.200. The molecular weight excluding hydrogens is 731 g/mol. The van der Waals surface area contributed by atoms with Crippen LogP contribution in [0.1, 0.15) is 75.7 Å². The van der Waals surface area contributed by atoms with Crippen LogP contribution in [0.3, 0.4) is 0 Å². The molecule has 3 aromatic rings. The molecule has 7 aliphatic rings. The molecule has 3 aromatic carbocycles. The van der Waals surface area contributed by atoms with Crippen LogP contribution in [0, 0.1) is 13.8 Å². The fourth-order valence-corrected chi connectivity index (χ4v) is 12.7. The number of rotatable bonds is 3. The quantitative estimate of drug-likeness (QED) is 0.262. The van der Waals surface area contributed by atoms with E-state index in [1.165, 1.54) is 21.1 Å². The standard InChI is InChI=1S/C40H45N3O11S/c1-17-10-22-11-24-19(3)43-25-14-51-39(47)40(23-13-27(49-6)26(45)12-21(23)8-9-41-40)15-55(48)38(32(43)31(42(24)5)28(22)33(46)34(17)50-7)30-29(25)37-36(52-16-53-37)18(2)35(30)54-20(4)44/h10,12-13,19,24-25,31-32,38,41,45-46H,8-9,11,14-16H2,1-7H3/t19-,24-,25-,31+,32+,38+,40+,55+/m0/s1. The molecular formula is C40H45N3O11S. The number of phenols is 2. The van der Waals surface area contributed by atoms with Crippen molar-refractivity contribution in [1.82, 2.24) is 15.1 Å². The smallest absolute Gasteiger partial charge is 0.332 e. The Hall–Kier alpha value is -4.57. The summed E-state index contributed by atoms with van der Waals surface area (Å²) >= 11 is 0. The lowest BCUT2D eigenvalue weighted by molar-refractivity contribution is -0.158. The highest BCUT2D eigenvalue weighted by atomic mass is 32.2. The Balaban J connectivity index is 1.35. The normalized spacial score (nSPS) is 30.5. The van der Waals surface area contributed by atoms with E-state index in [2.05, 4.69) is 28.1 Å². The third-order valence-electron chi connectivity index (χ3n) is 12.8. The van der Waals surface area contributed by atoms with Gasteiger partial charge in [0.2, 0.25) is 6.79 Å². The lowest BCUT2D eigenvalue weighted by Gasteiger charge is -2.63. The predicted octanol–water partition coefficient (Wildman–Crippen LogP) is 3.50. The summed E-state index contributed by atoms with van der Waals surface area (Å²) in [5.41, 5.74) is 3.77. The summed E-state index contributed by atoms with van der Waals surface area (Å²) in [5, 5.41) is 25.3. The van der Waals surface area contributed by atoms with E-state index >= 15 is 4.21 Å². The number of hydrogen-bond donors (Lipinski definition) is 3. The molecule has 0 aromatic heterocycles. The van der Waals surface area contributed by atoms with Gasteiger partial charge in [0.15, 0.2) is 40.0 Å². The molecule has 3 N–H and O–H groups in total. The highest BCUT2D eigenvalue weighted by Gasteiger charge is 2.62. The van der Waals surface area contributed by atoms with Gasteiger partial charge in [-0.3, -0.25) is 24.1 Å².